The van der Waals surface area contributed by atoms with Gasteiger partial charge in [-0.15, -0.1) is 10.2 Å². The number of amides is 1. The molecule has 0 spiro atoms. The molecule has 7 heteroatoms. The summed E-state index contributed by atoms with van der Waals surface area (Å²) in [6.07, 6.45) is 6.22. The van der Waals surface area contributed by atoms with Crippen LogP contribution in [0.1, 0.15) is 49.5 Å². The molecule has 0 unspecified atom stereocenters. The highest BCUT2D eigenvalue weighted by molar-refractivity contribution is 7.99. The molecule has 0 aliphatic heterocycles. The van der Waals surface area contributed by atoms with E-state index in [1.54, 1.807) is 4.90 Å². The van der Waals surface area contributed by atoms with E-state index in [-0.39, 0.29) is 5.91 Å². The van der Waals surface area contributed by atoms with E-state index in [0.29, 0.717) is 18.3 Å². The van der Waals surface area contributed by atoms with Gasteiger partial charge in [-0.1, -0.05) is 43.2 Å². The van der Waals surface area contributed by atoms with Gasteiger partial charge in [0.15, 0.2) is 5.16 Å². The molecule has 6 nitrogen and oxygen atoms in total. The maximum atomic E-state index is 12.6. The van der Waals surface area contributed by atoms with Gasteiger partial charge in [0, 0.05) is 39.4 Å². The lowest BCUT2D eigenvalue weighted by atomic mass is 9.95. The lowest BCUT2D eigenvalue weighted by Crippen LogP contribution is -2.28. The molecule has 1 saturated carbocycles. The van der Waals surface area contributed by atoms with Crippen LogP contribution in [0.3, 0.4) is 0 Å². The largest absolute Gasteiger partial charge is 0.378 e. The molecule has 2 aromatic rings. The second-order valence-electron chi connectivity index (χ2n) is 7.79. The smallest absolute Gasteiger partial charge is 0.233 e. The predicted octanol–water partition coefficient (Wildman–Crippen LogP) is 3.91. The highest BCUT2D eigenvalue weighted by atomic mass is 32.2. The number of rotatable bonds is 7. The van der Waals surface area contributed by atoms with Crippen molar-refractivity contribution < 1.29 is 4.79 Å². The lowest BCUT2D eigenvalue weighted by Gasteiger charge is -2.25. The van der Waals surface area contributed by atoms with Gasteiger partial charge in [-0.25, -0.2) is 0 Å². The number of aryl methyl sites for hydroxylation is 1. The molecule has 1 aliphatic rings. The molecule has 3 rings (SSSR count). The molecule has 28 heavy (non-hydrogen) atoms. The number of anilines is 1. The molecule has 152 valence electrons. The van der Waals surface area contributed by atoms with Crippen molar-refractivity contribution in [2.24, 2.45) is 0 Å². The summed E-state index contributed by atoms with van der Waals surface area (Å²) in [6, 6.07) is 8.80. The van der Waals surface area contributed by atoms with Crippen LogP contribution in [0.25, 0.3) is 0 Å². The molecular formula is C21H31N5OS. The summed E-state index contributed by atoms with van der Waals surface area (Å²) in [5.74, 6) is 1.45. The fourth-order valence-corrected chi connectivity index (χ4v) is 4.70. The first-order valence-electron chi connectivity index (χ1n) is 10.00. The number of carbonyl (C=O) groups excluding carboxylic acids is 1. The van der Waals surface area contributed by atoms with Gasteiger partial charge in [-0.05, 0) is 37.5 Å². The van der Waals surface area contributed by atoms with Crippen LogP contribution < -0.4 is 4.90 Å². The van der Waals surface area contributed by atoms with E-state index in [1.165, 1.54) is 43.9 Å². The lowest BCUT2D eigenvalue weighted by molar-refractivity contribution is -0.127. The minimum Gasteiger partial charge on any atom is -0.378 e. The van der Waals surface area contributed by atoms with Crippen LogP contribution in [-0.2, 0) is 11.3 Å². The maximum absolute atomic E-state index is 12.6. The first-order valence-corrected chi connectivity index (χ1v) is 11.0. The molecule has 0 radical (unpaired) electrons. The van der Waals surface area contributed by atoms with E-state index >= 15 is 0 Å². The van der Waals surface area contributed by atoms with Crippen LogP contribution in [0.2, 0.25) is 0 Å². The zero-order valence-electron chi connectivity index (χ0n) is 17.4. The minimum atomic E-state index is 0.109. The van der Waals surface area contributed by atoms with Crippen LogP contribution in [0.5, 0.6) is 0 Å². The topological polar surface area (TPSA) is 54.3 Å². The van der Waals surface area contributed by atoms with Gasteiger partial charge < -0.3 is 14.4 Å². The summed E-state index contributed by atoms with van der Waals surface area (Å²) in [5.41, 5.74) is 2.29. The van der Waals surface area contributed by atoms with Gasteiger partial charge in [-0.2, -0.15) is 0 Å². The summed E-state index contributed by atoms with van der Waals surface area (Å²) in [7, 11) is 5.91. The van der Waals surface area contributed by atoms with Crippen molar-refractivity contribution in [3.05, 3.63) is 35.7 Å². The summed E-state index contributed by atoms with van der Waals surface area (Å²) < 4.78 is 2.25. The summed E-state index contributed by atoms with van der Waals surface area (Å²) in [4.78, 5) is 16.5. The molecular weight excluding hydrogens is 370 g/mol. The Morgan fingerprint density at radius 3 is 2.43 bits per heavy atom. The Bertz CT molecular complexity index is 781. The van der Waals surface area contributed by atoms with E-state index in [2.05, 4.69) is 43.9 Å². The standard InChI is InChI=1S/C21H31N5OS/c1-16-22-23-21(26(16)19-8-6-5-7-9-19)28-15-20(27)25(4)14-17-10-12-18(13-11-17)24(2)3/h10-13,19H,5-9,14-15H2,1-4H3. The molecule has 0 atom stereocenters. The Labute approximate surface area is 172 Å². The normalized spacial score (nSPS) is 14.9. The Morgan fingerprint density at radius 1 is 1.11 bits per heavy atom. The third-order valence-corrected chi connectivity index (χ3v) is 6.33. The van der Waals surface area contributed by atoms with E-state index < -0.39 is 0 Å². The summed E-state index contributed by atoms with van der Waals surface area (Å²) >= 11 is 1.51. The number of hydrogen-bond donors (Lipinski definition) is 0. The van der Waals surface area contributed by atoms with E-state index in [1.807, 2.05) is 28.1 Å². The monoisotopic (exact) mass is 401 g/mol. The van der Waals surface area contributed by atoms with Crippen molar-refractivity contribution in [2.45, 2.75) is 56.8 Å². The van der Waals surface area contributed by atoms with Gasteiger partial charge in [0.2, 0.25) is 5.91 Å². The van der Waals surface area contributed by atoms with Crippen molar-refractivity contribution in [3.8, 4) is 0 Å². The molecule has 0 N–H and O–H groups in total. The summed E-state index contributed by atoms with van der Waals surface area (Å²) in [6.45, 7) is 2.62. The molecule has 1 aliphatic carbocycles. The van der Waals surface area contributed by atoms with Crippen LogP contribution in [0.15, 0.2) is 29.4 Å². The maximum Gasteiger partial charge on any atom is 0.233 e. The second-order valence-corrected chi connectivity index (χ2v) is 8.73. The van der Waals surface area contributed by atoms with E-state index in [0.717, 1.165) is 22.2 Å². The SMILES string of the molecule is Cc1nnc(SCC(=O)N(C)Cc2ccc(N(C)C)cc2)n1C1CCCCC1. The quantitative estimate of drug-likeness (QED) is 0.659. The van der Waals surface area contributed by atoms with Crippen LogP contribution in [0, 0.1) is 6.92 Å². The predicted molar refractivity (Wildman–Crippen MR) is 115 cm³/mol. The number of hydrogen-bond acceptors (Lipinski definition) is 5. The molecule has 1 fully saturated rings. The molecule has 1 aromatic heterocycles. The van der Waals surface area contributed by atoms with Gasteiger partial charge in [0.25, 0.3) is 0 Å². The fraction of sp³-hybridized carbons (Fsp3) is 0.571. The molecule has 0 bridgehead atoms. The van der Waals surface area contributed by atoms with Crippen molar-refractivity contribution in [2.75, 3.05) is 31.8 Å². The molecule has 1 aromatic carbocycles. The number of nitrogens with zero attached hydrogens (tertiary/aromatic N) is 5. The zero-order valence-corrected chi connectivity index (χ0v) is 18.2. The van der Waals surface area contributed by atoms with Gasteiger partial charge in [0.1, 0.15) is 5.82 Å². The van der Waals surface area contributed by atoms with Crippen molar-refractivity contribution in [1.29, 1.82) is 0 Å². The van der Waals surface area contributed by atoms with Crippen molar-refractivity contribution in [3.63, 3.8) is 0 Å². The average Bonchev–Trinajstić information content (AvgIpc) is 3.07. The highest BCUT2D eigenvalue weighted by Gasteiger charge is 2.22. The third-order valence-electron chi connectivity index (χ3n) is 5.40. The van der Waals surface area contributed by atoms with Crippen LogP contribution in [0.4, 0.5) is 5.69 Å². The molecule has 1 amide bonds. The van der Waals surface area contributed by atoms with Gasteiger partial charge >= 0.3 is 0 Å². The Hall–Kier alpha value is -2.02. The van der Waals surface area contributed by atoms with Gasteiger partial charge in [-0.3, -0.25) is 4.79 Å². The second kappa shape index (κ2) is 9.45. The minimum absolute atomic E-state index is 0.109. The van der Waals surface area contributed by atoms with Crippen LogP contribution >= 0.6 is 11.8 Å². The molecule has 0 saturated heterocycles. The third kappa shape index (κ3) is 5.07. The van der Waals surface area contributed by atoms with Crippen molar-refractivity contribution in [1.82, 2.24) is 19.7 Å². The Morgan fingerprint density at radius 2 is 1.79 bits per heavy atom. The van der Waals surface area contributed by atoms with E-state index in [9.17, 15) is 4.79 Å². The highest BCUT2D eigenvalue weighted by Crippen LogP contribution is 2.32. The van der Waals surface area contributed by atoms with Crippen LogP contribution in [-0.4, -0.2) is 52.5 Å². The number of benzene rings is 1. The Balaban J connectivity index is 1.56. The van der Waals surface area contributed by atoms with E-state index in [4.69, 9.17) is 0 Å². The fourth-order valence-electron chi connectivity index (χ4n) is 3.71. The Kier molecular flexibility index (Phi) is 6.99. The van der Waals surface area contributed by atoms with Gasteiger partial charge in [0.05, 0.1) is 5.75 Å². The number of thioether (sulfide) groups is 1. The first-order chi connectivity index (χ1) is 13.5. The zero-order chi connectivity index (χ0) is 20.1. The average molecular weight is 402 g/mol. The number of carbonyl (C=O) groups is 1. The van der Waals surface area contributed by atoms with Crippen molar-refractivity contribution >= 4 is 23.4 Å². The molecule has 1 heterocycles. The number of aromatic nitrogens is 3. The first kappa shape index (κ1) is 20.7. The summed E-state index contributed by atoms with van der Waals surface area (Å²) in [5, 5.41) is 9.48.